The lowest BCUT2D eigenvalue weighted by Crippen LogP contribution is -2.41. The monoisotopic (exact) mass is 521 g/mol. The molecule has 2 aromatic carbocycles. The third-order valence-corrected chi connectivity index (χ3v) is 4.30. The molecule has 0 aliphatic carbocycles. The van der Waals surface area contributed by atoms with Crippen LogP contribution in [0.4, 0.5) is 0 Å². The van der Waals surface area contributed by atoms with Gasteiger partial charge in [0.15, 0.2) is 5.96 Å². The number of imidazole rings is 1. The molecule has 30 heavy (non-hydrogen) atoms. The minimum Gasteiger partial charge on any atom is -0.497 e. The summed E-state index contributed by atoms with van der Waals surface area (Å²) in [4.78, 5) is 12.0. The van der Waals surface area contributed by atoms with Gasteiger partial charge < -0.3 is 25.1 Å². The average molecular weight is 521 g/mol. The molecule has 1 aromatic heterocycles. The first-order valence-electron chi connectivity index (χ1n) is 9.52. The molecule has 0 fully saturated rings. The highest BCUT2D eigenvalue weighted by Crippen LogP contribution is 2.19. The quantitative estimate of drug-likeness (QED) is 0.239. The van der Waals surface area contributed by atoms with E-state index in [0.717, 1.165) is 28.6 Å². The number of benzene rings is 2. The number of guanidine groups is 1. The number of nitrogens with one attached hydrogen (secondary N) is 3. The van der Waals surface area contributed by atoms with Crippen LogP contribution in [0.2, 0.25) is 0 Å². The number of aromatic nitrogens is 2. The van der Waals surface area contributed by atoms with Crippen LogP contribution in [-0.4, -0.2) is 42.7 Å². The van der Waals surface area contributed by atoms with Crippen LogP contribution in [0.3, 0.4) is 0 Å². The van der Waals surface area contributed by atoms with Crippen LogP contribution in [0.5, 0.6) is 11.5 Å². The van der Waals surface area contributed by atoms with Crippen LogP contribution >= 0.6 is 24.0 Å². The number of H-pyrrole nitrogens is 1. The maximum atomic E-state index is 5.92. The third-order valence-electron chi connectivity index (χ3n) is 4.30. The van der Waals surface area contributed by atoms with Crippen molar-refractivity contribution in [3.8, 4) is 22.8 Å². The third kappa shape index (κ3) is 6.94. The summed E-state index contributed by atoms with van der Waals surface area (Å²) >= 11 is 0. The van der Waals surface area contributed by atoms with Crippen molar-refractivity contribution < 1.29 is 9.47 Å². The van der Waals surface area contributed by atoms with Gasteiger partial charge in [-0.05, 0) is 24.6 Å². The number of hydrogen-bond acceptors (Lipinski definition) is 4. The Kier molecular flexibility index (Phi) is 9.46. The Labute approximate surface area is 194 Å². The van der Waals surface area contributed by atoms with Crippen LogP contribution in [-0.2, 0) is 6.54 Å². The molecular weight excluding hydrogens is 493 g/mol. The van der Waals surface area contributed by atoms with Gasteiger partial charge in [-0.15, -0.1) is 24.0 Å². The van der Waals surface area contributed by atoms with Gasteiger partial charge in [0.05, 0.1) is 32.1 Å². The van der Waals surface area contributed by atoms with Crippen LogP contribution in [0, 0.1) is 0 Å². The van der Waals surface area contributed by atoms with Crippen molar-refractivity contribution in [3.05, 3.63) is 66.6 Å². The standard InChI is InChI=1S/C22H27N5O2.HI/c1-16(29-19-11-7-10-18(12-19)28-3)13-25-22(23-2)26-15-21-24-14-20(27-21)17-8-5-4-6-9-17;/h4-12,14,16H,13,15H2,1-3H3,(H,24,27)(H2,23,25,26);1H. The molecule has 1 heterocycles. The van der Waals surface area contributed by atoms with Crippen LogP contribution in [0.15, 0.2) is 65.8 Å². The van der Waals surface area contributed by atoms with E-state index in [-0.39, 0.29) is 30.1 Å². The minimum atomic E-state index is -0.0473. The summed E-state index contributed by atoms with van der Waals surface area (Å²) in [5, 5.41) is 6.53. The summed E-state index contributed by atoms with van der Waals surface area (Å²) in [5.74, 6) is 3.07. The number of aliphatic imine (C=N–C) groups is 1. The topological polar surface area (TPSA) is 83.6 Å². The zero-order chi connectivity index (χ0) is 20.5. The lowest BCUT2D eigenvalue weighted by molar-refractivity contribution is 0.223. The van der Waals surface area contributed by atoms with Crippen molar-refractivity contribution >= 4 is 29.9 Å². The SMILES string of the molecule is CN=C(NCc1ncc(-c2ccccc2)[nH]1)NCC(C)Oc1cccc(OC)c1.I. The normalized spacial score (nSPS) is 11.9. The van der Waals surface area contributed by atoms with Crippen molar-refractivity contribution in [2.24, 2.45) is 4.99 Å². The number of methoxy groups -OCH3 is 1. The molecule has 3 aromatic rings. The molecule has 7 nitrogen and oxygen atoms in total. The zero-order valence-electron chi connectivity index (χ0n) is 17.4. The van der Waals surface area contributed by atoms with Gasteiger partial charge in [-0.1, -0.05) is 36.4 Å². The van der Waals surface area contributed by atoms with Gasteiger partial charge in [0.25, 0.3) is 0 Å². The zero-order valence-corrected chi connectivity index (χ0v) is 19.7. The first-order chi connectivity index (χ1) is 14.2. The van der Waals surface area contributed by atoms with E-state index < -0.39 is 0 Å². The summed E-state index contributed by atoms with van der Waals surface area (Å²) in [7, 11) is 3.38. The average Bonchev–Trinajstić information content (AvgIpc) is 3.24. The fraction of sp³-hybridized carbons (Fsp3) is 0.273. The highest BCUT2D eigenvalue weighted by Gasteiger charge is 2.08. The number of rotatable bonds is 8. The molecule has 0 saturated heterocycles. The smallest absolute Gasteiger partial charge is 0.191 e. The minimum absolute atomic E-state index is 0. The van der Waals surface area contributed by atoms with Crippen LogP contribution in [0.1, 0.15) is 12.7 Å². The molecule has 0 radical (unpaired) electrons. The highest BCUT2D eigenvalue weighted by atomic mass is 127. The van der Waals surface area contributed by atoms with E-state index >= 15 is 0 Å². The number of ether oxygens (including phenoxy) is 2. The molecule has 1 atom stereocenters. The van der Waals surface area contributed by atoms with E-state index in [9.17, 15) is 0 Å². The maximum absolute atomic E-state index is 5.92. The molecule has 0 saturated carbocycles. The lowest BCUT2D eigenvalue weighted by atomic mass is 10.2. The molecule has 160 valence electrons. The maximum Gasteiger partial charge on any atom is 0.191 e. The van der Waals surface area contributed by atoms with Crippen molar-refractivity contribution in [2.45, 2.75) is 19.6 Å². The molecule has 0 aliphatic rings. The first kappa shape index (κ1) is 23.5. The second kappa shape index (κ2) is 12.1. The van der Waals surface area contributed by atoms with Crippen molar-refractivity contribution in [1.29, 1.82) is 0 Å². The van der Waals surface area contributed by atoms with E-state index in [1.54, 1.807) is 14.2 Å². The summed E-state index contributed by atoms with van der Waals surface area (Å²) < 4.78 is 11.1. The van der Waals surface area contributed by atoms with Crippen molar-refractivity contribution in [3.63, 3.8) is 0 Å². The molecule has 0 spiro atoms. The van der Waals surface area contributed by atoms with Gasteiger partial charge >= 0.3 is 0 Å². The van der Waals surface area contributed by atoms with Crippen molar-refractivity contribution in [2.75, 3.05) is 20.7 Å². The fourth-order valence-corrected chi connectivity index (χ4v) is 2.79. The Hall–Kier alpha value is -2.75. The molecule has 0 bridgehead atoms. The molecule has 0 amide bonds. The van der Waals surface area contributed by atoms with E-state index in [2.05, 4.69) is 37.7 Å². The molecule has 0 aliphatic heterocycles. The van der Waals surface area contributed by atoms with E-state index in [0.29, 0.717) is 19.0 Å². The molecule has 3 N–H and O–H groups in total. The Balaban J connectivity index is 0.00000320. The predicted octanol–water partition coefficient (Wildman–Crippen LogP) is 3.84. The second-order valence-corrected chi connectivity index (χ2v) is 6.52. The van der Waals surface area contributed by atoms with Crippen molar-refractivity contribution in [1.82, 2.24) is 20.6 Å². The number of hydrogen-bond donors (Lipinski definition) is 3. The first-order valence-corrected chi connectivity index (χ1v) is 9.52. The molecule has 1 unspecified atom stereocenters. The molecular formula is C22H28IN5O2. The van der Waals surface area contributed by atoms with Gasteiger partial charge in [-0.25, -0.2) is 4.98 Å². The number of nitrogens with zero attached hydrogens (tertiary/aromatic N) is 2. The van der Waals surface area contributed by atoms with Gasteiger partial charge in [-0.2, -0.15) is 0 Å². The van der Waals surface area contributed by atoms with Gasteiger partial charge in [0, 0.05) is 13.1 Å². The predicted molar refractivity (Wildman–Crippen MR) is 131 cm³/mol. The van der Waals surface area contributed by atoms with E-state index in [4.69, 9.17) is 9.47 Å². The Morgan fingerprint density at radius 2 is 1.87 bits per heavy atom. The largest absolute Gasteiger partial charge is 0.497 e. The van der Waals surface area contributed by atoms with E-state index in [1.165, 1.54) is 0 Å². The van der Waals surface area contributed by atoms with E-state index in [1.807, 2.05) is 55.6 Å². The van der Waals surface area contributed by atoms with Crippen LogP contribution < -0.4 is 20.1 Å². The summed E-state index contributed by atoms with van der Waals surface area (Å²) in [6.07, 6.45) is 1.79. The van der Waals surface area contributed by atoms with Gasteiger partial charge in [-0.3, -0.25) is 4.99 Å². The fourth-order valence-electron chi connectivity index (χ4n) is 2.79. The molecule has 8 heteroatoms. The molecule has 3 rings (SSSR count). The summed E-state index contributed by atoms with van der Waals surface area (Å²) in [5.41, 5.74) is 2.10. The highest BCUT2D eigenvalue weighted by molar-refractivity contribution is 14.0. The summed E-state index contributed by atoms with van der Waals surface area (Å²) in [6, 6.07) is 17.7. The number of halogens is 1. The second-order valence-electron chi connectivity index (χ2n) is 6.52. The number of aromatic amines is 1. The Bertz CT molecular complexity index is 930. The Morgan fingerprint density at radius 1 is 1.10 bits per heavy atom. The lowest BCUT2D eigenvalue weighted by Gasteiger charge is -2.17. The summed E-state index contributed by atoms with van der Waals surface area (Å²) in [6.45, 7) is 3.14. The Morgan fingerprint density at radius 3 is 2.60 bits per heavy atom. The van der Waals surface area contributed by atoms with Gasteiger partial charge in [0.1, 0.15) is 23.4 Å². The van der Waals surface area contributed by atoms with Crippen LogP contribution in [0.25, 0.3) is 11.3 Å². The van der Waals surface area contributed by atoms with Gasteiger partial charge in [0.2, 0.25) is 0 Å².